The number of hydrogen-bond acceptors (Lipinski definition) is 4. The van der Waals surface area contributed by atoms with Crippen molar-refractivity contribution >= 4 is 11.6 Å². The minimum Gasteiger partial charge on any atom is -0.437 e. The summed E-state index contributed by atoms with van der Waals surface area (Å²) in [7, 11) is 0. The molecule has 0 aliphatic heterocycles. The largest absolute Gasteiger partial charge is 0.437 e. The zero-order valence-corrected chi connectivity index (χ0v) is 9.44. The van der Waals surface area contributed by atoms with Gasteiger partial charge in [0.05, 0.1) is 12.9 Å². The van der Waals surface area contributed by atoms with E-state index in [2.05, 4.69) is 9.97 Å². The van der Waals surface area contributed by atoms with Crippen LogP contribution in [0.3, 0.4) is 0 Å². The Hall–Kier alpha value is -1.85. The molecule has 1 aromatic carbocycles. The van der Waals surface area contributed by atoms with Crippen molar-refractivity contribution in [2.24, 2.45) is 0 Å². The van der Waals surface area contributed by atoms with Crippen LogP contribution in [0.2, 0.25) is 5.02 Å². The number of aliphatic hydroxyl groups excluding tert-OH is 1. The van der Waals surface area contributed by atoms with Gasteiger partial charge in [0.15, 0.2) is 5.02 Å². The first-order chi connectivity index (χ1) is 8.20. The number of aromatic amines is 1. The highest BCUT2D eigenvalue weighted by atomic mass is 35.5. The normalized spacial score (nSPS) is 10.2. The minimum atomic E-state index is -0.463. The number of rotatable bonds is 3. The van der Waals surface area contributed by atoms with E-state index in [-0.39, 0.29) is 17.5 Å². The van der Waals surface area contributed by atoms with Gasteiger partial charge in [-0.05, 0) is 17.7 Å². The molecule has 2 N–H and O–H groups in total. The maximum Gasteiger partial charge on any atom is 0.273 e. The van der Waals surface area contributed by atoms with Crippen LogP contribution in [0.25, 0.3) is 0 Å². The molecule has 0 saturated carbocycles. The SMILES string of the molecule is O=c1[nH]cnc(Oc2cccc(CO)c2)c1Cl. The van der Waals surface area contributed by atoms with Gasteiger partial charge >= 0.3 is 0 Å². The van der Waals surface area contributed by atoms with E-state index in [0.717, 1.165) is 0 Å². The summed E-state index contributed by atoms with van der Waals surface area (Å²) in [4.78, 5) is 17.4. The third kappa shape index (κ3) is 2.64. The predicted octanol–water partition coefficient (Wildman–Crippen LogP) is 1.71. The Bertz CT molecular complexity index is 583. The maximum absolute atomic E-state index is 11.2. The van der Waals surface area contributed by atoms with Crippen molar-refractivity contribution in [3.8, 4) is 11.6 Å². The fourth-order valence-electron chi connectivity index (χ4n) is 1.26. The molecule has 0 fully saturated rings. The van der Waals surface area contributed by atoms with Crippen molar-refractivity contribution in [3.63, 3.8) is 0 Å². The average Bonchev–Trinajstić information content (AvgIpc) is 2.35. The van der Waals surface area contributed by atoms with Crippen molar-refractivity contribution in [1.82, 2.24) is 9.97 Å². The smallest absolute Gasteiger partial charge is 0.273 e. The fraction of sp³-hybridized carbons (Fsp3) is 0.0909. The Morgan fingerprint density at radius 1 is 1.47 bits per heavy atom. The second-order valence-corrected chi connectivity index (χ2v) is 3.64. The van der Waals surface area contributed by atoms with E-state index in [1.54, 1.807) is 24.3 Å². The van der Waals surface area contributed by atoms with E-state index < -0.39 is 5.56 Å². The van der Waals surface area contributed by atoms with Crippen molar-refractivity contribution in [2.75, 3.05) is 0 Å². The molecular weight excluding hydrogens is 244 g/mol. The third-order valence-electron chi connectivity index (χ3n) is 2.06. The maximum atomic E-state index is 11.2. The molecule has 0 aliphatic carbocycles. The zero-order valence-electron chi connectivity index (χ0n) is 8.68. The molecule has 5 nitrogen and oxygen atoms in total. The van der Waals surface area contributed by atoms with E-state index in [0.29, 0.717) is 11.3 Å². The monoisotopic (exact) mass is 252 g/mol. The van der Waals surface area contributed by atoms with Gasteiger partial charge in [0.2, 0.25) is 5.88 Å². The Labute approximate surface area is 102 Å². The van der Waals surface area contributed by atoms with Gasteiger partial charge < -0.3 is 14.8 Å². The molecule has 2 aromatic rings. The summed E-state index contributed by atoms with van der Waals surface area (Å²) >= 11 is 5.74. The quantitative estimate of drug-likeness (QED) is 0.872. The Morgan fingerprint density at radius 2 is 2.29 bits per heavy atom. The van der Waals surface area contributed by atoms with Crippen LogP contribution in [-0.4, -0.2) is 15.1 Å². The standard InChI is InChI=1S/C11H9ClN2O3/c12-9-10(16)13-6-14-11(9)17-8-3-1-2-7(4-8)5-15/h1-4,6,15H,5H2,(H,13,14,16). The summed E-state index contributed by atoms with van der Waals surface area (Å²) in [6, 6.07) is 6.79. The lowest BCUT2D eigenvalue weighted by molar-refractivity contribution is 0.281. The van der Waals surface area contributed by atoms with Crippen LogP contribution in [0.4, 0.5) is 0 Å². The molecule has 0 amide bonds. The lowest BCUT2D eigenvalue weighted by Crippen LogP contribution is -2.07. The number of H-pyrrole nitrogens is 1. The number of benzene rings is 1. The zero-order chi connectivity index (χ0) is 12.3. The van der Waals surface area contributed by atoms with Crippen LogP contribution < -0.4 is 10.3 Å². The van der Waals surface area contributed by atoms with E-state index in [9.17, 15) is 4.79 Å². The van der Waals surface area contributed by atoms with Gasteiger partial charge in [0.1, 0.15) is 5.75 Å². The lowest BCUT2D eigenvalue weighted by Gasteiger charge is -2.06. The highest BCUT2D eigenvalue weighted by Gasteiger charge is 2.08. The van der Waals surface area contributed by atoms with Crippen LogP contribution >= 0.6 is 11.6 Å². The first-order valence-corrected chi connectivity index (χ1v) is 5.19. The summed E-state index contributed by atoms with van der Waals surface area (Å²) < 4.78 is 5.36. The molecule has 1 aromatic heterocycles. The minimum absolute atomic E-state index is 0.0329. The molecule has 0 saturated heterocycles. The van der Waals surface area contributed by atoms with Gasteiger partial charge in [0.25, 0.3) is 5.56 Å². The molecular formula is C11H9ClN2O3. The van der Waals surface area contributed by atoms with Gasteiger partial charge in [0, 0.05) is 0 Å². The van der Waals surface area contributed by atoms with Crippen LogP contribution in [0.1, 0.15) is 5.56 Å². The molecule has 17 heavy (non-hydrogen) atoms. The van der Waals surface area contributed by atoms with Gasteiger partial charge in [-0.25, -0.2) is 4.98 Å². The molecule has 6 heteroatoms. The topological polar surface area (TPSA) is 75.2 Å². The second-order valence-electron chi connectivity index (χ2n) is 3.26. The number of aliphatic hydroxyl groups is 1. The van der Waals surface area contributed by atoms with Crippen LogP contribution in [0.15, 0.2) is 35.4 Å². The third-order valence-corrected chi connectivity index (χ3v) is 2.39. The molecule has 0 radical (unpaired) electrons. The summed E-state index contributed by atoms with van der Waals surface area (Å²) in [5, 5.41) is 8.87. The molecule has 0 unspecified atom stereocenters. The van der Waals surface area contributed by atoms with E-state index in [4.69, 9.17) is 21.4 Å². The highest BCUT2D eigenvalue weighted by molar-refractivity contribution is 6.31. The first-order valence-electron chi connectivity index (χ1n) is 4.81. The summed E-state index contributed by atoms with van der Waals surface area (Å²) in [6.07, 6.45) is 1.21. The number of aromatic nitrogens is 2. The van der Waals surface area contributed by atoms with Gasteiger partial charge in [-0.1, -0.05) is 23.7 Å². The number of halogens is 1. The van der Waals surface area contributed by atoms with Crippen LogP contribution in [-0.2, 0) is 6.61 Å². The van der Waals surface area contributed by atoms with E-state index in [1.165, 1.54) is 6.33 Å². The molecule has 2 rings (SSSR count). The molecule has 0 bridgehead atoms. The van der Waals surface area contributed by atoms with Gasteiger partial charge in [-0.15, -0.1) is 0 Å². The molecule has 0 aliphatic rings. The Morgan fingerprint density at radius 3 is 3.06 bits per heavy atom. The van der Waals surface area contributed by atoms with E-state index >= 15 is 0 Å². The Balaban J connectivity index is 2.31. The van der Waals surface area contributed by atoms with Crippen LogP contribution in [0.5, 0.6) is 11.6 Å². The number of nitrogens with one attached hydrogen (secondary N) is 1. The summed E-state index contributed by atoms with van der Waals surface area (Å²) in [5.41, 5.74) is 0.235. The van der Waals surface area contributed by atoms with Crippen molar-refractivity contribution in [3.05, 3.63) is 51.5 Å². The first kappa shape index (κ1) is 11.6. The van der Waals surface area contributed by atoms with Crippen LogP contribution in [0, 0.1) is 0 Å². The predicted molar refractivity (Wildman–Crippen MR) is 62.3 cm³/mol. The summed E-state index contributed by atoms with van der Waals surface area (Å²) in [5.74, 6) is 0.488. The van der Waals surface area contributed by atoms with Crippen molar-refractivity contribution in [1.29, 1.82) is 0 Å². The fourth-order valence-corrected chi connectivity index (χ4v) is 1.40. The lowest BCUT2D eigenvalue weighted by atomic mass is 10.2. The molecule has 0 spiro atoms. The second kappa shape index (κ2) is 4.99. The Kier molecular flexibility index (Phi) is 3.41. The van der Waals surface area contributed by atoms with Crippen molar-refractivity contribution < 1.29 is 9.84 Å². The number of hydrogen-bond donors (Lipinski definition) is 2. The molecule has 0 atom stereocenters. The summed E-state index contributed by atoms with van der Waals surface area (Å²) in [6.45, 7) is -0.0895. The van der Waals surface area contributed by atoms with Gasteiger partial charge in [-0.2, -0.15) is 0 Å². The van der Waals surface area contributed by atoms with Gasteiger partial charge in [-0.3, -0.25) is 4.79 Å². The van der Waals surface area contributed by atoms with E-state index in [1.807, 2.05) is 0 Å². The average molecular weight is 253 g/mol. The molecule has 1 heterocycles. The number of nitrogens with zero attached hydrogens (tertiary/aromatic N) is 1. The number of ether oxygens (including phenoxy) is 1. The molecule has 88 valence electrons. The highest BCUT2D eigenvalue weighted by Crippen LogP contribution is 2.24. The van der Waals surface area contributed by atoms with Crippen molar-refractivity contribution in [2.45, 2.75) is 6.61 Å².